The van der Waals surface area contributed by atoms with Crippen molar-refractivity contribution in [2.45, 2.75) is 83.3 Å². The Balaban J connectivity index is 1.92. The number of ether oxygens (including phenoxy) is 2. The van der Waals surface area contributed by atoms with Crippen LogP contribution < -0.4 is 0 Å². The van der Waals surface area contributed by atoms with E-state index in [2.05, 4.69) is 48.1 Å². The van der Waals surface area contributed by atoms with E-state index in [1.165, 1.54) is 32.8 Å². The maximum absolute atomic E-state index is 10.9. The van der Waals surface area contributed by atoms with E-state index in [1.54, 1.807) is 0 Å². The Kier molecular flexibility index (Phi) is 12.1. The van der Waals surface area contributed by atoms with E-state index >= 15 is 0 Å². The number of rotatable bonds is 14. The number of carbonyl (C=O) groups excluding carboxylic acids is 1. The van der Waals surface area contributed by atoms with E-state index in [9.17, 15) is 4.79 Å². The lowest BCUT2D eigenvalue weighted by Gasteiger charge is -1.95. The Morgan fingerprint density at radius 3 is 2.25 bits per heavy atom. The van der Waals surface area contributed by atoms with Crippen LogP contribution in [0.3, 0.4) is 0 Å². The minimum Gasteiger partial charge on any atom is -0.469 e. The van der Waals surface area contributed by atoms with Gasteiger partial charge in [-0.15, -0.1) is 0 Å². The third-order valence-electron chi connectivity index (χ3n) is 4.15. The Labute approximate surface area is 147 Å². The van der Waals surface area contributed by atoms with Gasteiger partial charge in [-0.05, 0) is 44.9 Å². The van der Waals surface area contributed by atoms with Crippen LogP contribution in [0, 0.1) is 0 Å². The standard InChI is InChI=1S/C21H34O3/c1-3-4-5-6-10-13-16-19-20(24-19)17-14-11-8-7-9-12-15-18-21(22)23-2/h7,9-11,13-14,19-20H,3-6,8,12,15-18H2,1-2H3/b9-7-,13-10-,14-11-/t19-,20+/m0/s1. The Morgan fingerprint density at radius 2 is 1.54 bits per heavy atom. The first-order chi connectivity index (χ1) is 11.8. The first-order valence-corrected chi connectivity index (χ1v) is 9.45. The Bertz CT molecular complexity index is 409. The third kappa shape index (κ3) is 11.2. The van der Waals surface area contributed by atoms with Crippen molar-refractivity contribution in [3.05, 3.63) is 36.5 Å². The summed E-state index contributed by atoms with van der Waals surface area (Å²) < 4.78 is 10.3. The molecule has 0 N–H and O–H groups in total. The van der Waals surface area contributed by atoms with Crippen molar-refractivity contribution >= 4 is 5.97 Å². The largest absolute Gasteiger partial charge is 0.469 e. The van der Waals surface area contributed by atoms with Gasteiger partial charge in [-0.2, -0.15) is 0 Å². The second kappa shape index (κ2) is 14.0. The van der Waals surface area contributed by atoms with Crippen molar-refractivity contribution < 1.29 is 14.3 Å². The van der Waals surface area contributed by atoms with Crippen LogP contribution in [-0.2, 0) is 14.3 Å². The summed E-state index contributed by atoms with van der Waals surface area (Å²) in [4.78, 5) is 10.9. The topological polar surface area (TPSA) is 38.8 Å². The molecular formula is C21H34O3. The van der Waals surface area contributed by atoms with E-state index in [-0.39, 0.29) is 5.97 Å². The zero-order valence-electron chi connectivity index (χ0n) is 15.4. The summed E-state index contributed by atoms with van der Waals surface area (Å²) in [5.41, 5.74) is 0. The van der Waals surface area contributed by atoms with Crippen LogP contribution in [0.15, 0.2) is 36.5 Å². The lowest BCUT2D eigenvalue weighted by molar-refractivity contribution is -0.140. The van der Waals surface area contributed by atoms with Crippen molar-refractivity contribution in [1.82, 2.24) is 0 Å². The lowest BCUT2D eigenvalue weighted by atomic mass is 10.1. The number of unbranched alkanes of at least 4 members (excludes halogenated alkanes) is 4. The van der Waals surface area contributed by atoms with E-state index in [0.29, 0.717) is 18.6 Å². The first kappa shape index (κ1) is 20.7. The van der Waals surface area contributed by atoms with Gasteiger partial charge in [0.15, 0.2) is 0 Å². The van der Waals surface area contributed by atoms with Crippen LogP contribution in [-0.4, -0.2) is 25.3 Å². The number of carbonyl (C=O) groups is 1. The normalized spacial score (nSPS) is 20.4. The smallest absolute Gasteiger partial charge is 0.305 e. The average molecular weight is 335 g/mol. The summed E-state index contributed by atoms with van der Waals surface area (Å²) in [6.45, 7) is 2.24. The van der Waals surface area contributed by atoms with Crippen LogP contribution >= 0.6 is 0 Å². The molecule has 0 saturated carbocycles. The zero-order chi connectivity index (χ0) is 17.5. The molecule has 0 aromatic heterocycles. The minimum absolute atomic E-state index is 0.127. The molecule has 0 amide bonds. The fraction of sp³-hybridized carbons (Fsp3) is 0.667. The molecule has 0 spiro atoms. The van der Waals surface area contributed by atoms with Crippen molar-refractivity contribution in [3.8, 4) is 0 Å². The highest BCUT2D eigenvalue weighted by atomic mass is 16.6. The molecule has 3 heteroatoms. The molecule has 0 unspecified atom stereocenters. The summed E-state index contributed by atoms with van der Waals surface area (Å²) in [6, 6.07) is 0. The summed E-state index contributed by atoms with van der Waals surface area (Å²) in [5, 5.41) is 0. The van der Waals surface area contributed by atoms with Gasteiger partial charge in [0, 0.05) is 6.42 Å². The highest BCUT2D eigenvalue weighted by Gasteiger charge is 2.35. The quantitative estimate of drug-likeness (QED) is 0.182. The van der Waals surface area contributed by atoms with Crippen LogP contribution in [0.5, 0.6) is 0 Å². The highest BCUT2D eigenvalue weighted by Crippen LogP contribution is 2.29. The summed E-state index contributed by atoms with van der Waals surface area (Å²) in [5.74, 6) is -0.127. The average Bonchev–Trinajstić information content (AvgIpc) is 3.34. The molecule has 3 nitrogen and oxygen atoms in total. The number of methoxy groups -OCH3 is 1. The number of allylic oxidation sites excluding steroid dienone is 4. The van der Waals surface area contributed by atoms with Crippen LogP contribution in [0.25, 0.3) is 0 Å². The molecule has 1 fully saturated rings. The third-order valence-corrected chi connectivity index (χ3v) is 4.15. The molecule has 0 radical (unpaired) electrons. The van der Waals surface area contributed by atoms with Crippen LogP contribution in [0.1, 0.15) is 71.1 Å². The predicted molar refractivity (Wildman–Crippen MR) is 99.9 cm³/mol. The van der Waals surface area contributed by atoms with Gasteiger partial charge in [0.2, 0.25) is 0 Å². The molecule has 1 aliphatic heterocycles. The van der Waals surface area contributed by atoms with Crippen LogP contribution in [0.4, 0.5) is 0 Å². The van der Waals surface area contributed by atoms with E-state index in [4.69, 9.17) is 4.74 Å². The second-order valence-electron chi connectivity index (χ2n) is 6.30. The minimum atomic E-state index is -0.127. The molecule has 0 aromatic carbocycles. The fourth-order valence-electron chi connectivity index (χ4n) is 2.54. The van der Waals surface area contributed by atoms with E-state index in [0.717, 1.165) is 32.1 Å². The second-order valence-corrected chi connectivity index (χ2v) is 6.30. The summed E-state index contributed by atoms with van der Waals surface area (Å²) in [6.07, 6.45) is 24.6. The molecule has 136 valence electrons. The summed E-state index contributed by atoms with van der Waals surface area (Å²) >= 11 is 0. The lowest BCUT2D eigenvalue weighted by Crippen LogP contribution is -1.98. The molecule has 0 aromatic rings. The first-order valence-electron chi connectivity index (χ1n) is 9.45. The van der Waals surface area contributed by atoms with Gasteiger partial charge in [-0.1, -0.05) is 56.2 Å². The van der Waals surface area contributed by atoms with Gasteiger partial charge >= 0.3 is 5.97 Å². The molecular weight excluding hydrogens is 300 g/mol. The Morgan fingerprint density at radius 1 is 0.917 bits per heavy atom. The zero-order valence-corrected chi connectivity index (χ0v) is 15.4. The van der Waals surface area contributed by atoms with Crippen molar-refractivity contribution in [2.75, 3.05) is 7.11 Å². The predicted octanol–water partition coefficient (Wildman–Crippen LogP) is 5.52. The molecule has 2 atom stereocenters. The molecule has 1 rings (SSSR count). The highest BCUT2D eigenvalue weighted by molar-refractivity contribution is 5.69. The van der Waals surface area contributed by atoms with E-state index in [1.807, 2.05) is 0 Å². The van der Waals surface area contributed by atoms with Gasteiger partial charge in [-0.3, -0.25) is 4.79 Å². The van der Waals surface area contributed by atoms with Crippen molar-refractivity contribution in [2.24, 2.45) is 0 Å². The molecule has 1 aliphatic rings. The Hall–Kier alpha value is -1.35. The van der Waals surface area contributed by atoms with Crippen LogP contribution in [0.2, 0.25) is 0 Å². The molecule has 0 aliphatic carbocycles. The SMILES string of the molecule is CCCCC/C=C\C[C@@H]1O[C@@H]1C/C=C\C/C=C\CCCC(=O)OC. The van der Waals surface area contributed by atoms with Gasteiger partial charge < -0.3 is 9.47 Å². The number of hydrogen-bond donors (Lipinski definition) is 0. The fourth-order valence-corrected chi connectivity index (χ4v) is 2.54. The van der Waals surface area contributed by atoms with Gasteiger partial charge in [0.25, 0.3) is 0 Å². The summed E-state index contributed by atoms with van der Waals surface area (Å²) in [7, 11) is 1.43. The molecule has 1 heterocycles. The number of esters is 1. The van der Waals surface area contributed by atoms with E-state index < -0.39 is 0 Å². The van der Waals surface area contributed by atoms with Gasteiger partial charge in [-0.25, -0.2) is 0 Å². The van der Waals surface area contributed by atoms with Gasteiger partial charge in [0.1, 0.15) is 0 Å². The number of epoxide rings is 1. The molecule has 24 heavy (non-hydrogen) atoms. The van der Waals surface area contributed by atoms with Crippen molar-refractivity contribution in [3.63, 3.8) is 0 Å². The maximum atomic E-state index is 10.9. The molecule has 1 saturated heterocycles. The molecule has 0 bridgehead atoms. The number of hydrogen-bond acceptors (Lipinski definition) is 3. The maximum Gasteiger partial charge on any atom is 0.305 e. The van der Waals surface area contributed by atoms with Crippen molar-refractivity contribution in [1.29, 1.82) is 0 Å². The monoisotopic (exact) mass is 334 g/mol. The van der Waals surface area contributed by atoms with Gasteiger partial charge in [0.05, 0.1) is 19.3 Å².